The highest BCUT2D eigenvalue weighted by atomic mass is 79.9. The molecule has 0 spiro atoms. The summed E-state index contributed by atoms with van der Waals surface area (Å²) in [5.41, 5.74) is 0.441. The highest BCUT2D eigenvalue weighted by molar-refractivity contribution is 9.09. The zero-order chi connectivity index (χ0) is 12.7. The summed E-state index contributed by atoms with van der Waals surface area (Å²) in [5.74, 6) is -0.442. The van der Waals surface area contributed by atoms with E-state index in [9.17, 15) is 9.59 Å². The lowest BCUT2D eigenvalue weighted by Gasteiger charge is -2.09. The van der Waals surface area contributed by atoms with Gasteiger partial charge in [-0.1, -0.05) is 22.5 Å². The third kappa shape index (κ3) is 5.21. The van der Waals surface area contributed by atoms with Crippen LogP contribution in [-0.4, -0.2) is 36.8 Å². The predicted molar refractivity (Wildman–Crippen MR) is 64.0 cm³/mol. The van der Waals surface area contributed by atoms with Gasteiger partial charge in [0.05, 0.1) is 0 Å². The van der Waals surface area contributed by atoms with Gasteiger partial charge in [-0.15, -0.1) is 0 Å². The zero-order valence-electron chi connectivity index (χ0n) is 9.45. The van der Waals surface area contributed by atoms with Gasteiger partial charge >= 0.3 is 12.1 Å². The van der Waals surface area contributed by atoms with Crippen LogP contribution < -0.4 is 0 Å². The Bertz CT molecular complexity index is 302. The summed E-state index contributed by atoms with van der Waals surface area (Å²) >= 11 is 3.31. The van der Waals surface area contributed by atoms with E-state index in [-0.39, 0.29) is 13.2 Å². The highest BCUT2D eigenvalue weighted by Gasteiger charge is 2.26. The summed E-state index contributed by atoms with van der Waals surface area (Å²) in [7, 11) is 0. The van der Waals surface area contributed by atoms with Gasteiger partial charge in [-0.3, -0.25) is 0 Å². The van der Waals surface area contributed by atoms with Crippen LogP contribution in [0.5, 0.6) is 0 Å². The lowest BCUT2D eigenvalue weighted by molar-refractivity contribution is -0.141. The number of alkyl halides is 1. The minimum Gasteiger partial charge on any atom is -0.458 e. The second kappa shape index (κ2) is 7.32. The molecule has 1 fully saturated rings. The second-order valence-corrected chi connectivity index (χ2v) is 4.44. The van der Waals surface area contributed by atoms with Crippen LogP contribution in [0.2, 0.25) is 0 Å². The molecule has 0 aliphatic carbocycles. The zero-order valence-corrected chi connectivity index (χ0v) is 11.0. The molecule has 1 heterocycles. The molecule has 0 N–H and O–H groups in total. The van der Waals surface area contributed by atoms with Crippen LogP contribution in [-0.2, 0) is 19.0 Å². The fraction of sp³-hybridized carbons (Fsp3) is 0.636. The number of halogens is 1. The SMILES string of the molecule is C=C(CCCCBr)C(=O)OCC1COC(=O)O1. The molecule has 1 saturated heterocycles. The van der Waals surface area contributed by atoms with Gasteiger partial charge in [0.15, 0.2) is 6.10 Å². The molecule has 5 nitrogen and oxygen atoms in total. The molecule has 0 radical (unpaired) electrons. The summed E-state index contributed by atoms with van der Waals surface area (Å²) in [6, 6.07) is 0. The molecule has 96 valence electrons. The Morgan fingerprint density at radius 3 is 2.88 bits per heavy atom. The van der Waals surface area contributed by atoms with Crippen molar-refractivity contribution in [2.45, 2.75) is 25.4 Å². The molecule has 17 heavy (non-hydrogen) atoms. The van der Waals surface area contributed by atoms with Crippen molar-refractivity contribution in [1.29, 1.82) is 0 Å². The fourth-order valence-electron chi connectivity index (χ4n) is 1.25. The summed E-state index contributed by atoms with van der Waals surface area (Å²) in [4.78, 5) is 22.1. The van der Waals surface area contributed by atoms with E-state index in [1.165, 1.54) is 0 Å². The first kappa shape index (κ1) is 14.0. The monoisotopic (exact) mass is 306 g/mol. The van der Waals surface area contributed by atoms with Gasteiger partial charge in [-0.25, -0.2) is 9.59 Å². The first-order valence-corrected chi connectivity index (χ1v) is 6.50. The van der Waals surface area contributed by atoms with Gasteiger partial charge in [0, 0.05) is 10.9 Å². The van der Waals surface area contributed by atoms with Crippen molar-refractivity contribution < 1.29 is 23.8 Å². The van der Waals surface area contributed by atoms with Crippen molar-refractivity contribution in [3.63, 3.8) is 0 Å². The van der Waals surface area contributed by atoms with Crippen molar-refractivity contribution in [1.82, 2.24) is 0 Å². The Hall–Kier alpha value is -1.04. The van der Waals surface area contributed by atoms with Crippen LogP contribution in [0.1, 0.15) is 19.3 Å². The molecule has 1 atom stereocenters. The summed E-state index contributed by atoms with van der Waals surface area (Å²) in [5, 5.41) is 0.907. The van der Waals surface area contributed by atoms with E-state index in [0.29, 0.717) is 12.0 Å². The van der Waals surface area contributed by atoms with Crippen LogP contribution in [0.25, 0.3) is 0 Å². The molecule has 1 unspecified atom stereocenters. The molecular formula is C11H15BrO5. The molecular weight excluding hydrogens is 292 g/mol. The number of ether oxygens (including phenoxy) is 3. The Morgan fingerprint density at radius 1 is 1.53 bits per heavy atom. The number of esters is 1. The first-order valence-electron chi connectivity index (χ1n) is 5.37. The predicted octanol–water partition coefficient (Wildman–Crippen LogP) is 2.19. The Morgan fingerprint density at radius 2 is 2.29 bits per heavy atom. The molecule has 0 aromatic heterocycles. The van der Waals surface area contributed by atoms with Gasteiger partial charge in [0.25, 0.3) is 0 Å². The molecule has 6 heteroatoms. The molecule has 1 aliphatic heterocycles. The van der Waals surface area contributed by atoms with Crippen LogP contribution >= 0.6 is 15.9 Å². The Balaban J connectivity index is 2.15. The largest absolute Gasteiger partial charge is 0.508 e. The maximum atomic E-state index is 11.5. The lowest BCUT2D eigenvalue weighted by atomic mass is 10.1. The molecule has 0 saturated carbocycles. The van der Waals surface area contributed by atoms with Crippen molar-refractivity contribution in [3.8, 4) is 0 Å². The summed E-state index contributed by atoms with van der Waals surface area (Å²) in [6.07, 6.45) is 1.27. The normalized spacial score (nSPS) is 18.4. The average molecular weight is 307 g/mol. The number of carbonyl (C=O) groups is 2. The summed E-state index contributed by atoms with van der Waals surface area (Å²) < 4.78 is 14.2. The third-order valence-corrected chi connectivity index (χ3v) is 2.76. The Labute approximate surface area is 108 Å². The second-order valence-electron chi connectivity index (χ2n) is 3.65. The van der Waals surface area contributed by atoms with Crippen LogP contribution in [0.15, 0.2) is 12.2 Å². The van der Waals surface area contributed by atoms with Gasteiger partial charge in [0.1, 0.15) is 13.2 Å². The van der Waals surface area contributed by atoms with E-state index in [1.807, 2.05) is 0 Å². The highest BCUT2D eigenvalue weighted by Crippen LogP contribution is 2.10. The number of rotatable bonds is 7. The van der Waals surface area contributed by atoms with Gasteiger partial charge in [-0.2, -0.15) is 0 Å². The van der Waals surface area contributed by atoms with Crippen LogP contribution in [0.4, 0.5) is 4.79 Å². The van der Waals surface area contributed by atoms with Crippen LogP contribution in [0, 0.1) is 0 Å². The van der Waals surface area contributed by atoms with E-state index >= 15 is 0 Å². The van der Waals surface area contributed by atoms with Gasteiger partial charge in [0.2, 0.25) is 0 Å². The smallest absolute Gasteiger partial charge is 0.458 e. The average Bonchev–Trinajstić information content (AvgIpc) is 2.72. The van der Waals surface area contributed by atoms with E-state index in [2.05, 4.69) is 27.2 Å². The maximum absolute atomic E-state index is 11.5. The minimum atomic E-state index is -0.720. The van der Waals surface area contributed by atoms with Gasteiger partial charge in [-0.05, 0) is 19.3 Å². The number of hydrogen-bond donors (Lipinski definition) is 0. The summed E-state index contributed by atoms with van der Waals surface area (Å²) in [6.45, 7) is 3.80. The number of unbranched alkanes of at least 4 members (excludes halogenated alkanes) is 1. The van der Waals surface area contributed by atoms with Gasteiger partial charge < -0.3 is 14.2 Å². The minimum absolute atomic E-state index is 0.0159. The van der Waals surface area contributed by atoms with Crippen molar-refractivity contribution in [2.75, 3.05) is 18.5 Å². The van der Waals surface area contributed by atoms with Crippen molar-refractivity contribution in [2.24, 2.45) is 0 Å². The first-order chi connectivity index (χ1) is 8.13. The fourth-order valence-corrected chi connectivity index (χ4v) is 1.65. The standard InChI is InChI=1S/C11H15BrO5/c1-8(4-2-3-5-12)10(13)15-6-9-7-16-11(14)17-9/h9H,1-7H2. The van der Waals surface area contributed by atoms with E-state index < -0.39 is 18.2 Å². The Kier molecular flexibility index (Phi) is 6.04. The quantitative estimate of drug-likeness (QED) is 0.312. The lowest BCUT2D eigenvalue weighted by Crippen LogP contribution is -2.21. The third-order valence-electron chi connectivity index (χ3n) is 2.20. The van der Waals surface area contributed by atoms with Crippen molar-refractivity contribution >= 4 is 28.1 Å². The molecule has 1 aliphatic rings. The van der Waals surface area contributed by atoms with E-state index in [1.54, 1.807) is 0 Å². The number of cyclic esters (lactones) is 2. The number of carbonyl (C=O) groups excluding carboxylic acids is 2. The number of hydrogen-bond acceptors (Lipinski definition) is 5. The van der Waals surface area contributed by atoms with E-state index in [4.69, 9.17) is 9.47 Å². The maximum Gasteiger partial charge on any atom is 0.508 e. The molecule has 0 aromatic rings. The molecule has 0 amide bonds. The van der Waals surface area contributed by atoms with Crippen LogP contribution in [0.3, 0.4) is 0 Å². The molecule has 1 rings (SSSR count). The molecule has 0 bridgehead atoms. The molecule has 0 aromatic carbocycles. The van der Waals surface area contributed by atoms with E-state index in [0.717, 1.165) is 18.2 Å². The van der Waals surface area contributed by atoms with Crippen molar-refractivity contribution in [3.05, 3.63) is 12.2 Å². The topological polar surface area (TPSA) is 61.8 Å².